The number of carboxylic acid groups (broad SMARTS) is 1. The molecule has 1 aliphatic heterocycles. The minimum atomic E-state index is -5.15. The van der Waals surface area contributed by atoms with Gasteiger partial charge in [-0.25, -0.2) is 14.1 Å². The number of thiazole rings is 1. The summed E-state index contributed by atoms with van der Waals surface area (Å²) in [6.07, 6.45) is 0.997. The number of rotatable bonds is 11. The van der Waals surface area contributed by atoms with Gasteiger partial charge >= 0.3 is 16.3 Å². The van der Waals surface area contributed by atoms with Gasteiger partial charge in [-0.1, -0.05) is 10.3 Å². The molecule has 3 aromatic heterocycles. The minimum absolute atomic E-state index is 0.00133. The van der Waals surface area contributed by atoms with E-state index in [1.807, 2.05) is 0 Å². The molecular formula is C22H22N8O12S2. The summed E-state index contributed by atoms with van der Waals surface area (Å²) in [7, 11) is -5.15. The van der Waals surface area contributed by atoms with Crippen LogP contribution in [0.15, 0.2) is 38.2 Å². The molecule has 2 atom stereocenters. The van der Waals surface area contributed by atoms with Crippen molar-refractivity contribution in [3.05, 3.63) is 45.4 Å². The number of aliphatic carboxylic acids is 1. The lowest BCUT2D eigenvalue weighted by Gasteiger charge is -2.44. The summed E-state index contributed by atoms with van der Waals surface area (Å²) in [5, 5.41) is 31.6. The Bertz CT molecular complexity index is 1840. The van der Waals surface area contributed by atoms with E-state index in [0.717, 1.165) is 43.5 Å². The van der Waals surface area contributed by atoms with Crippen molar-refractivity contribution in [3.8, 4) is 17.1 Å². The van der Waals surface area contributed by atoms with Crippen LogP contribution in [0.2, 0.25) is 0 Å². The van der Waals surface area contributed by atoms with E-state index >= 15 is 0 Å². The van der Waals surface area contributed by atoms with Gasteiger partial charge in [0.25, 0.3) is 17.7 Å². The second-order valence-electron chi connectivity index (χ2n) is 9.43. The molecule has 0 aromatic carbocycles. The van der Waals surface area contributed by atoms with Gasteiger partial charge in [-0.05, 0) is 13.8 Å². The molecule has 234 valence electrons. The number of anilines is 1. The highest BCUT2D eigenvalue weighted by Gasteiger charge is 2.54. The fraction of sp³-hybridized carbons (Fsp3) is 0.273. The second-order valence-corrected chi connectivity index (χ2v) is 11.6. The van der Waals surface area contributed by atoms with Crippen molar-refractivity contribution < 1.29 is 51.7 Å². The number of β-lactam (4-membered cyclic amide) rings is 1. The molecule has 1 aliphatic rings. The molecule has 0 spiro atoms. The van der Waals surface area contributed by atoms with E-state index in [-0.39, 0.29) is 26.5 Å². The third-order valence-electron chi connectivity index (χ3n) is 5.94. The molecule has 0 unspecified atom stereocenters. The molecular weight excluding hydrogens is 632 g/mol. The average Bonchev–Trinajstić information content (AvgIpc) is 3.60. The number of carbonyl (C=O) groups excluding carboxylic acids is 3. The Morgan fingerprint density at radius 3 is 2.59 bits per heavy atom. The van der Waals surface area contributed by atoms with Gasteiger partial charge in [-0.2, -0.15) is 8.42 Å². The van der Waals surface area contributed by atoms with Crippen LogP contribution in [0.3, 0.4) is 0 Å². The SMILES string of the molecule is CC(C)(O/N=C(\C(=O)N[C@@H]1C(=O)N(S(=O)(=O)O)[C@@H]1CNC(=O)c1cc(-c2cc(=O)c(O)c[nH]2)no1)c1csc(N)n1)C(=O)O. The van der Waals surface area contributed by atoms with E-state index < -0.39 is 80.9 Å². The summed E-state index contributed by atoms with van der Waals surface area (Å²) in [5.74, 6) is -5.80. The van der Waals surface area contributed by atoms with Gasteiger partial charge in [0.1, 0.15) is 17.4 Å². The number of hydrogen-bond donors (Lipinski definition) is 7. The number of aromatic nitrogens is 3. The molecule has 0 aliphatic carbocycles. The van der Waals surface area contributed by atoms with Crippen molar-refractivity contribution in [1.82, 2.24) is 30.1 Å². The van der Waals surface area contributed by atoms with E-state index in [1.54, 1.807) is 0 Å². The highest BCUT2D eigenvalue weighted by Crippen LogP contribution is 2.24. The van der Waals surface area contributed by atoms with Crippen LogP contribution < -0.4 is 21.8 Å². The minimum Gasteiger partial charge on any atom is -0.503 e. The zero-order chi connectivity index (χ0) is 32.6. The van der Waals surface area contributed by atoms with Gasteiger partial charge in [0, 0.05) is 30.3 Å². The maximum absolute atomic E-state index is 13.2. The molecule has 22 heteroatoms. The quantitative estimate of drug-likeness (QED) is 0.0524. The van der Waals surface area contributed by atoms with Crippen LogP contribution in [-0.4, -0.2) is 96.2 Å². The van der Waals surface area contributed by atoms with Crippen LogP contribution in [0.4, 0.5) is 5.13 Å². The summed E-state index contributed by atoms with van der Waals surface area (Å²) >= 11 is 0.900. The van der Waals surface area contributed by atoms with Gasteiger partial charge in [0.05, 0.1) is 11.7 Å². The van der Waals surface area contributed by atoms with Crippen molar-refractivity contribution in [2.75, 3.05) is 12.3 Å². The molecule has 44 heavy (non-hydrogen) atoms. The molecule has 20 nitrogen and oxygen atoms in total. The maximum Gasteiger partial charge on any atom is 0.362 e. The molecule has 0 saturated carbocycles. The van der Waals surface area contributed by atoms with Gasteiger partial charge in [-0.15, -0.1) is 11.3 Å². The zero-order valence-electron chi connectivity index (χ0n) is 22.4. The number of oxime groups is 1. The molecule has 1 saturated heterocycles. The van der Waals surface area contributed by atoms with Crippen molar-refractivity contribution in [2.45, 2.75) is 31.5 Å². The summed E-state index contributed by atoms with van der Waals surface area (Å²) in [4.78, 5) is 73.0. The molecule has 0 bridgehead atoms. The fourth-order valence-corrected chi connectivity index (χ4v) is 5.00. The Morgan fingerprint density at radius 2 is 2.00 bits per heavy atom. The number of aromatic hydroxyl groups is 1. The predicted molar refractivity (Wildman–Crippen MR) is 147 cm³/mol. The molecule has 4 heterocycles. The number of H-pyrrole nitrogens is 1. The number of nitrogens with one attached hydrogen (secondary N) is 3. The molecule has 3 aromatic rings. The third-order valence-corrected chi connectivity index (χ3v) is 7.56. The van der Waals surface area contributed by atoms with E-state index in [0.29, 0.717) is 0 Å². The summed E-state index contributed by atoms with van der Waals surface area (Å²) in [6.45, 7) is 1.63. The van der Waals surface area contributed by atoms with Crippen molar-refractivity contribution in [2.24, 2.45) is 5.16 Å². The lowest BCUT2D eigenvalue weighted by Crippen LogP contribution is -2.74. The van der Waals surface area contributed by atoms with Gasteiger partial charge in [-0.3, -0.25) is 23.7 Å². The Morgan fingerprint density at radius 1 is 1.30 bits per heavy atom. The summed E-state index contributed by atoms with van der Waals surface area (Å²) < 4.78 is 38.2. The van der Waals surface area contributed by atoms with Gasteiger partial charge in [0.2, 0.25) is 16.8 Å². The smallest absolute Gasteiger partial charge is 0.362 e. The number of hydrogen-bond acceptors (Lipinski definition) is 15. The standard InChI is InChI=1S/C22H22N8O12S2/c1-22(2,20(36)37)42-29-15(10-7-43-21(23)26-10)18(34)27-16-11(30(19(16)35)44(38,39)40)5-25-17(33)14-4-9(28-41-14)8-3-12(31)13(32)6-24-8/h3-4,6-7,11,16,32H,5H2,1-2H3,(H2,23,26)(H,24,31)(H,25,33)(H,27,34)(H,36,37)(H,38,39,40)/b29-15-/t11-,16+/m1/s1. The van der Waals surface area contributed by atoms with E-state index in [1.165, 1.54) is 5.38 Å². The highest BCUT2D eigenvalue weighted by atomic mass is 32.2. The Hall–Kier alpha value is -5.35. The maximum atomic E-state index is 13.2. The molecule has 3 amide bonds. The number of aromatic amines is 1. The first-order valence-electron chi connectivity index (χ1n) is 12.0. The highest BCUT2D eigenvalue weighted by molar-refractivity contribution is 7.84. The van der Waals surface area contributed by atoms with Crippen molar-refractivity contribution in [1.29, 1.82) is 0 Å². The van der Waals surface area contributed by atoms with Crippen LogP contribution in [-0.2, 0) is 29.5 Å². The first kappa shape index (κ1) is 31.6. The fourth-order valence-electron chi connectivity index (χ4n) is 3.58. The van der Waals surface area contributed by atoms with Crippen LogP contribution in [0, 0.1) is 0 Å². The number of carboxylic acids is 1. The number of pyridine rings is 1. The molecule has 4 rings (SSSR count). The summed E-state index contributed by atoms with van der Waals surface area (Å²) in [6, 6.07) is -1.09. The molecule has 8 N–H and O–H groups in total. The van der Waals surface area contributed by atoms with Gasteiger partial charge < -0.3 is 40.9 Å². The van der Waals surface area contributed by atoms with Crippen molar-refractivity contribution >= 4 is 56.2 Å². The summed E-state index contributed by atoms with van der Waals surface area (Å²) in [5.41, 5.74) is 2.30. The number of nitrogen functional groups attached to an aromatic ring is 1. The van der Waals surface area contributed by atoms with Crippen LogP contribution in [0.25, 0.3) is 11.4 Å². The lowest BCUT2D eigenvalue weighted by atomic mass is 9.98. The topological polar surface area (TPSA) is 310 Å². The number of carbonyl (C=O) groups is 4. The van der Waals surface area contributed by atoms with Gasteiger partial charge in [0.15, 0.2) is 16.6 Å². The zero-order valence-corrected chi connectivity index (χ0v) is 24.0. The first-order valence-corrected chi connectivity index (χ1v) is 14.3. The number of nitrogens with zero attached hydrogens (tertiary/aromatic N) is 4. The Balaban J connectivity index is 1.52. The largest absolute Gasteiger partial charge is 0.503 e. The van der Waals surface area contributed by atoms with E-state index in [2.05, 4.69) is 30.9 Å². The lowest BCUT2D eigenvalue weighted by molar-refractivity contribution is -0.161. The molecule has 1 fully saturated rings. The Kier molecular flexibility index (Phi) is 8.42. The molecule has 0 radical (unpaired) electrons. The van der Waals surface area contributed by atoms with Crippen LogP contribution in [0.5, 0.6) is 5.75 Å². The van der Waals surface area contributed by atoms with Crippen LogP contribution in [0.1, 0.15) is 30.1 Å². The number of amides is 3. The predicted octanol–water partition coefficient (Wildman–Crippen LogP) is -1.71. The number of nitrogens with two attached hydrogens (primary N) is 1. The van der Waals surface area contributed by atoms with E-state index in [9.17, 15) is 47.2 Å². The average molecular weight is 655 g/mol. The normalized spacial score (nSPS) is 17.1. The monoisotopic (exact) mass is 654 g/mol. The van der Waals surface area contributed by atoms with Crippen LogP contribution >= 0.6 is 11.3 Å². The third kappa shape index (κ3) is 6.50. The van der Waals surface area contributed by atoms with E-state index in [4.69, 9.17) is 15.1 Å². The Labute approximate surface area is 249 Å². The second kappa shape index (κ2) is 11.7. The van der Waals surface area contributed by atoms with Crippen molar-refractivity contribution in [3.63, 3.8) is 0 Å². The first-order chi connectivity index (χ1) is 20.5.